The van der Waals surface area contributed by atoms with Gasteiger partial charge in [0.25, 0.3) is 0 Å². The number of furan rings is 1. The predicted octanol–water partition coefficient (Wildman–Crippen LogP) is 7.94. The molecule has 1 aliphatic heterocycles. The second-order valence-electron chi connectivity index (χ2n) is 9.13. The first kappa shape index (κ1) is 19.2. The number of anilines is 2. The smallest absolute Gasteiger partial charge is 0.137 e. The van der Waals surface area contributed by atoms with Crippen LogP contribution < -0.4 is 4.90 Å². The Morgan fingerprint density at radius 3 is 2.71 bits per heavy atom. The van der Waals surface area contributed by atoms with Crippen LogP contribution in [0.4, 0.5) is 11.4 Å². The molecular formula is C31H22N2O. The van der Waals surface area contributed by atoms with Gasteiger partial charge in [-0.3, -0.25) is 0 Å². The summed E-state index contributed by atoms with van der Waals surface area (Å²) in [6.45, 7) is 0. The average Bonchev–Trinajstić information content (AvgIpc) is 3.44. The van der Waals surface area contributed by atoms with Gasteiger partial charge in [0.2, 0.25) is 0 Å². The third-order valence-corrected chi connectivity index (χ3v) is 7.28. The molecule has 7 rings (SSSR count). The molecule has 0 fully saturated rings. The van der Waals surface area contributed by atoms with Gasteiger partial charge in [0.15, 0.2) is 0 Å². The van der Waals surface area contributed by atoms with E-state index in [1.54, 1.807) is 0 Å². The van der Waals surface area contributed by atoms with Crippen LogP contribution in [0.3, 0.4) is 0 Å². The van der Waals surface area contributed by atoms with E-state index in [4.69, 9.17) is 4.42 Å². The topological polar surface area (TPSA) is 40.2 Å². The van der Waals surface area contributed by atoms with Gasteiger partial charge in [-0.1, -0.05) is 72.8 Å². The number of nitrogens with zero attached hydrogens (tertiary/aromatic N) is 2. The normalized spacial score (nSPS) is 20.7. The molecule has 34 heavy (non-hydrogen) atoms. The average molecular weight is 439 g/mol. The first-order valence-corrected chi connectivity index (χ1v) is 11.8. The SMILES string of the molecule is N#CC1=CC(c2ccccc2N2c3c(ccc4oc5ccccc5c34)C3C=CC=CC32)=CCC1. The van der Waals surface area contributed by atoms with E-state index in [9.17, 15) is 5.26 Å². The van der Waals surface area contributed by atoms with Crippen molar-refractivity contribution in [3.63, 3.8) is 0 Å². The molecule has 3 heteroatoms. The molecule has 0 amide bonds. The Morgan fingerprint density at radius 2 is 1.76 bits per heavy atom. The zero-order valence-electron chi connectivity index (χ0n) is 18.6. The molecule has 3 aliphatic rings. The molecule has 3 nitrogen and oxygen atoms in total. The maximum absolute atomic E-state index is 9.53. The summed E-state index contributed by atoms with van der Waals surface area (Å²) in [5, 5.41) is 11.8. The van der Waals surface area contributed by atoms with E-state index in [0.717, 1.165) is 51.8 Å². The van der Waals surface area contributed by atoms with Crippen molar-refractivity contribution >= 4 is 38.9 Å². The lowest BCUT2D eigenvalue weighted by Gasteiger charge is -2.31. The fraction of sp³-hybridized carbons (Fsp3) is 0.129. The van der Waals surface area contributed by atoms with Crippen LogP contribution in [-0.4, -0.2) is 6.04 Å². The lowest BCUT2D eigenvalue weighted by atomic mass is 9.90. The van der Waals surface area contributed by atoms with E-state index in [2.05, 4.69) is 96.0 Å². The fourth-order valence-electron chi connectivity index (χ4n) is 5.81. The maximum atomic E-state index is 9.53. The third-order valence-electron chi connectivity index (χ3n) is 7.28. The molecule has 162 valence electrons. The van der Waals surface area contributed by atoms with Crippen LogP contribution in [0, 0.1) is 11.3 Å². The molecule has 0 saturated heterocycles. The monoisotopic (exact) mass is 438 g/mol. The van der Waals surface area contributed by atoms with E-state index >= 15 is 0 Å². The quantitative estimate of drug-likeness (QED) is 0.319. The van der Waals surface area contributed by atoms with E-state index in [1.165, 1.54) is 16.6 Å². The van der Waals surface area contributed by atoms with Crippen LogP contribution in [0.5, 0.6) is 0 Å². The molecular weight excluding hydrogens is 416 g/mol. The van der Waals surface area contributed by atoms with Gasteiger partial charge in [-0.05, 0) is 48.3 Å². The minimum absolute atomic E-state index is 0.184. The van der Waals surface area contributed by atoms with Crippen LogP contribution in [0.25, 0.3) is 27.5 Å². The molecule has 2 aliphatic carbocycles. The van der Waals surface area contributed by atoms with E-state index in [1.807, 2.05) is 12.1 Å². The third kappa shape index (κ3) is 2.69. The summed E-state index contributed by atoms with van der Waals surface area (Å²) in [5.74, 6) is 0.275. The molecule has 4 aromatic rings. The van der Waals surface area contributed by atoms with Gasteiger partial charge in [0, 0.05) is 28.1 Å². The number of hydrogen-bond acceptors (Lipinski definition) is 3. The van der Waals surface area contributed by atoms with Crippen molar-refractivity contribution in [3.8, 4) is 6.07 Å². The Labute approximate surface area is 198 Å². The summed E-state index contributed by atoms with van der Waals surface area (Å²) in [6, 6.07) is 23.8. The lowest BCUT2D eigenvalue weighted by Crippen LogP contribution is -2.29. The van der Waals surface area contributed by atoms with Crippen LogP contribution >= 0.6 is 0 Å². The van der Waals surface area contributed by atoms with Crippen molar-refractivity contribution in [3.05, 3.63) is 114 Å². The summed E-state index contributed by atoms with van der Waals surface area (Å²) in [7, 11) is 0. The Bertz CT molecular complexity index is 1640. The number of benzene rings is 3. The van der Waals surface area contributed by atoms with Gasteiger partial charge >= 0.3 is 0 Å². The highest BCUT2D eigenvalue weighted by Gasteiger charge is 2.40. The van der Waals surface area contributed by atoms with Crippen molar-refractivity contribution in [2.75, 3.05) is 4.90 Å². The standard InChI is InChI=1S/C31H22N2O/c32-19-20-8-7-9-21(18-20)22-10-1-4-13-26(22)33-27-14-5-2-11-23(27)24-16-17-29-30(31(24)33)25-12-3-6-15-28(25)34-29/h1-6,9-18,23,27H,7-8H2. The maximum Gasteiger partial charge on any atom is 0.137 e. The first-order valence-electron chi connectivity index (χ1n) is 11.8. The van der Waals surface area contributed by atoms with Gasteiger partial charge in [0.1, 0.15) is 11.2 Å². The Morgan fingerprint density at radius 1 is 0.912 bits per heavy atom. The van der Waals surface area contributed by atoms with Crippen LogP contribution in [0.15, 0.2) is 107 Å². The molecule has 0 spiro atoms. The summed E-state index contributed by atoms with van der Waals surface area (Å²) < 4.78 is 6.27. The zero-order valence-corrected chi connectivity index (χ0v) is 18.6. The molecule has 2 heterocycles. The van der Waals surface area contributed by atoms with E-state index in [-0.39, 0.29) is 12.0 Å². The number of para-hydroxylation sites is 2. The van der Waals surface area contributed by atoms with Gasteiger partial charge in [-0.15, -0.1) is 0 Å². The number of nitriles is 1. The van der Waals surface area contributed by atoms with Crippen molar-refractivity contribution in [2.24, 2.45) is 0 Å². The second-order valence-corrected chi connectivity index (χ2v) is 9.13. The molecule has 0 saturated carbocycles. The molecule has 1 aromatic heterocycles. The van der Waals surface area contributed by atoms with E-state index < -0.39 is 0 Å². The summed E-state index contributed by atoms with van der Waals surface area (Å²) in [4.78, 5) is 2.50. The number of rotatable bonds is 2. The Balaban J connectivity index is 1.53. The van der Waals surface area contributed by atoms with Crippen LogP contribution in [-0.2, 0) is 0 Å². The molecule has 3 aromatic carbocycles. The van der Waals surface area contributed by atoms with E-state index in [0.29, 0.717) is 0 Å². The lowest BCUT2D eigenvalue weighted by molar-refractivity contribution is 0.669. The fourth-order valence-corrected chi connectivity index (χ4v) is 5.81. The molecule has 2 atom stereocenters. The van der Waals surface area contributed by atoms with Crippen molar-refractivity contribution in [2.45, 2.75) is 24.8 Å². The zero-order chi connectivity index (χ0) is 22.6. The van der Waals surface area contributed by atoms with Crippen molar-refractivity contribution in [1.29, 1.82) is 5.26 Å². The van der Waals surface area contributed by atoms with Gasteiger partial charge < -0.3 is 9.32 Å². The highest BCUT2D eigenvalue weighted by Crippen LogP contribution is 2.53. The first-order chi connectivity index (χ1) is 16.8. The number of fused-ring (bicyclic) bond motifs is 7. The molecule has 0 N–H and O–H groups in total. The van der Waals surface area contributed by atoms with Gasteiger partial charge in [-0.25, -0.2) is 0 Å². The summed E-state index contributed by atoms with van der Waals surface area (Å²) in [5.41, 5.74) is 8.67. The number of hydrogen-bond donors (Lipinski definition) is 0. The Hall–Kier alpha value is -4.29. The summed E-state index contributed by atoms with van der Waals surface area (Å²) >= 11 is 0. The van der Waals surface area contributed by atoms with Gasteiger partial charge in [0.05, 0.1) is 23.2 Å². The minimum Gasteiger partial charge on any atom is -0.456 e. The second kappa shape index (κ2) is 7.37. The molecule has 0 bridgehead atoms. The molecule has 2 unspecified atom stereocenters. The summed E-state index contributed by atoms with van der Waals surface area (Å²) in [6.07, 6.45) is 15.0. The largest absolute Gasteiger partial charge is 0.456 e. The van der Waals surface area contributed by atoms with Crippen LogP contribution in [0.1, 0.15) is 29.9 Å². The molecule has 0 radical (unpaired) electrons. The highest BCUT2D eigenvalue weighted by molar-refractivity contribution is 6.14. The van der Waals surface area contributed by atoms with Crippen molar-refractivity contribution in [1.82, 2.24) is 0 Å². The number of allylic oxidation sites excluding steroid dienone is 6. The predicted molar refractivity (Wildman–Crippen MR) is 138 cm³/mol. The highest BCUT2D eigenvalue weighted by atomic mass is 16.3. The Kier molecular flexibility index (Phi) is 4.16. The minimum atomic E-state index is 0.184. The van der Waals surface area contributed by atoms with Crippen molar-refractivity contribution < 1.29 is 4.42 Å². The van der Waals surface area contributed by atoms with Crippen LogP contribution in [0.2, 0.25) is 0 Å². The van der Waals surface area contributed by atoms with Gasteiger partial charge in [-0.2, -0.15) is 5.26 Å².